The molecule has 0 fully saturated rings. The summed E-state index contributed by atoms with van der Waals surface area (Å²) in [6.45, 7) is 14.0. The van der Waals surface area contributed by atoms with E-state index in [1.165, 1.54) is 192 Å². The number of aromatic amines is 4. The third-order valence-corrected chi connectivity index (χ3v) is 15.9. The van der Waals surface area contributed by atoms with Gasteiger partial charge in [0.15, 0.2) is 0 Å². The molecule has 10 rings (SSSR count). The Morgan fingerprint density at radius 1 is 0.333 bits per heavy atom. The van der Waals surface area contributed by atoms with Crippen molar-refractivity contribution in [3.05, 3.63) is 78.8 Å². The van der Waals surface area contributed by atoms with E-state index in [0.29, 0.717) is 0 Å². The number of benzene rings is 3. The van der Waals surface area contributed by atoms with Crippen LogP contribution in [0.1, 0.15) is 190 Å². The van der Waals surface area contributed by atoms with Crippen LogP contribution in [0.5, 0.6) is 0 Å². The number of nitrogens with zero attached hydrogens (tertiary/aromatic N) is 2. The normalized spacial score (nSPS) is 15.8. The first-order valence-corrected chi connectivity index (χ1v) is 27.2. The third kappa shape index (κ3) is 8.10. The molecule has 2 unspecified atom stereocenters. The number of hydrogen-bond acceptors (Lipinski definition) is 2. The number of rotatable bonds is 24. The van der Waals surface area contributed by atoms with Crippen molar-refractivity contribution in [3.63, 3.8) is 0 Å². The molecular weight excluding hydrogens is 805 g/mol. The molecule has 7 heterocycles. The molecule has 3 aliphatic heterocycles. The highest BCUT2D eigenvalue weighted by atomic mass is 14.9. The maximum absolute atomic E-state index is 5.79. The van der Waals surface area contributed by atoms with E-state index < -0.39 is 0 Å². The Morgan fingerprint density at radius 2 is 0.591 bits per heavy atom. The summed E-state index contributed by atoms with van der Waals surface area (Å²) in [6.07, 6.45) is 33.9. The van der Waals surface area contributed by atoms with Crippen molar-refractivity contribution in [1.29, 1.82) is 0 Å². The molecular formula is C60H78N6. The average Bonchev–Trinajstić information content (AvgIpc) is 4.18. The van der Waals surface area contributed by atoms with Crippen LogP contribution in [-0.2, 0) is 38.5 Å². The SMILES string of the molecule is CCCCCc1c(CCCCC)c2cc3[nH]c2c2c1=CC(N=2)C1C=c2c(CCCCC)c(CCCCC)c4cc([nH]c4c2=N1)-c1cc2c(CCCCC)c(CCCCC)c4cc-3[nH]c4c2[nH]1. The van der Waals surface area contributed by atoms with Crippen molar-refractivity contribution in [3.8, 4) is 22.8 Å². The number of unbranched alkanes of at least 4 members (excludes halogenated alkanes) is 12. The largest absolute Gasteiger partial charge is 0.352 e. The molecule has 0 saturated heterocycles. The lowest BCUT2D eigenvalue weighted by atomic mass is 9.91. The van der Waals surface area contributed by atoms with E-state index in [-0.39, 0.29) is 12.1 Å². The van der Waals surface area contributed by atoms with Gasteiger partial charge in [0.05, 0.1) is 67.6 Å². The van der Waals surface area contributed by atoms with E-state index >= 15 is 0 Å². The smallest absolute Gasteiger partial charge is 0.0957 e. The van der Waals surface area contributed by atoms with Crippen molar-refractivity contribution in [1.82, 2.24) is 19.9 Å². The summed E-state index contributed by atoms with van der Waals surface area (Å²) >= 11 is 0. The first-order valence-electron chi connectivity index (χ1n) is 27.2. The molecule has 7 aromatic rings. The van der Waals surface area contributed by atoms with Gasteiger partial charge in [-0.25, -0.2) is 0 Å². The number of fused-ring (bicyclic) bond motifs is 9. The van der Waals surface area contributed by atoms with Gasteiger partial charge in [0.25, 0.3) is 0 Å². The monoisotopic (exact) mass is 883 g/mol. The predicted octanol–water partition coefficient (Wildman–Crippen LogP) is 13.9. The fraction of sp³-hybridized carbons (Fsp3) is 0.533. The van der Waals surface area contributed by atoms with Crippen LogP contribution < -0.4 is 21.2 Å². The number of nitrogens with one attached hydrogen (secondary N) is 4. The Balaban J connectivity index is 1.31. The molecule has 66 heavy (non-hydrogen) atoms. The maximum atomic E-state index is 5.79. The predicted molar refractivity (Wildman–Crippen MR) is 282 cm³/mol. The molecule has 6 nitrogen and oxygen atoms in total. The molecule has 6 heteroatoms. The minimum absolute atomic E-state index is 0.0432. The Morgan fingerprint density at radius 3 is 0.894 bits per heavy atom. The zero-order valence-electron chi connectivity index (χ0n) is 41.5. The molecule has 0 spiro atoms. The standard InChI is InChI=1S/C60H78N6/c1-7-13-19-25-37-38(26-20-14-8-2)44-32-50-52-34-46-41(29-23-17-11-5)42(30-24-18-12-6)48-36-54(66-60(48)59(46)64-52)53-35-47-40(28-22-16-10-4)39(27-21-15-9-3)45-33-51(63-57(45)58(47)65-53)49-31-43(37)55(61-49)56(44)62-50/h31-36,49,51,62,64-66H,7-30H2,1-6H3. The van der Waals surface area contributed by atoms with Gasteiger partial charge in [-0.2, -0.15) is 0 Å². The van der Waals surface area contributed by atoms with Crippen molar-refractivity contribution in [2.45, 2.75) is 208 Å². The van der Waals surface area contributed by atoms with E-state index in [2.05, 4.69) is 97.9 Å². The Labute approximate surface area is 393 Å². The third-order valence-electron chi connectivity index (χ3n) is 15.9. The molecule has 0 radical (unpaired) electrons. The molecule has 2 atom stereocenters. The van der Waals surface area contributed by atoms with Crippen LogP contribution in [0.4, 0.5) is 0 Å². The maximum Gasteiger partial charge on any atom is 0.0957 e. The first-order chi connectivity index (χ1) is 32.5. The van der Waals surface area contributed by atoms with Crippen molar-refractivity contribution >= 4 is 55.8 Å². The molecule has 0 saturated carbocycles. The first kappa shape index (κ1) is 45.0. The van der Waals surface area contributed by atoms with E-state index in [4.69, 9.17) is 9.98 Å². The zero-order chi connectivity index (χ0) is 45.3. The van der Waals surface area contributed by atoms with Crippen LogP contribution in [-0.4, -0.2) is 32.0 Å². The second-order valence-corrected chi connectivity index (χ2v) is 20.6. The van der Waals surface area contributed by atoms with Crippen LogP contribution in [0.2, 0.25) is 0 Å². The quantitative estimate of drug-likeness (QED) is 0.0436. The lowest BCUT2D eigenvalue weighted by Gasteiger charge is -2.14. The van der Waals surface area contributed by atoms with Gasteiger partial charge in [0.1, 0.15) is 0 Å². The minimum atomic E-state index is -0.0432. The van der Waals surface area contributed by atoms with Crippen LogP contribution in [0.15, 0.2) is 34.3 Å². The fourth-order valence-electron chi connectivity index (χ4n) is 12.4. The molecule has 12 bridgehead atoms. The highest BCUT2D eigenvalue weighted by Crippen LogP contribution is 2.41. The van der Waals surface area contributed by atoms with Crippen LogP contribution in [0, 0.1) is 0 Å². The second kappa shape index (κ2) is 19.8. The van der Waals surface area contributed by atoms with E-state index in [1.54, 1.807) is 33.4 Å². The van der Waals surface area contributed by atoms with Gasteiger partial charge in [0, 0.05) is 32.0 Å². The molecule has 3 aromatic carbocycles. The topological polar surface area (TPSA) is 87.9 Å². The van der Waals surface area contributed by atoms with Gasteiger partial charge < -0.3 is 19.9 Å². The van der Waals surface area contributed by atoms with Crippen LogP contribution in [0.3, 0.4) is 0 Å². The summed E-state index contributed by atoms with van der Waals surface area (Å²) in [5.74, 6) is 0. The highest BCUT2D eigenvalue weighted by Gasteiger charge is 2.29. The molecule has 3 aliphatic rings. The molecule has 348 valence electrons. The Bertz CT molecular complexity index is 2930. The molecule has 4 N–H and O–H groups in total. The summed E-state index contributed by atoms with van der Waals surface area (Å²) in [4.78, 5) is 28.0. The average molecular weight is 883 g/mol. The number of aryl methyl sites for hydroxylation is 4. The minimum Gasteiger partial charge on any atom is -0.352 e. The molecule has 0 amide bonds. The number of aromatic nitrogens is 4. The lowest BCUT2D eigenvalue weighted by Crippen LogP contribution is -2.29. The van der Waals surface area contributed by atoms with Gasteiger partial charge in [-0.15, -0.1) is 0 Å². The van der Waals surface area contributed by atoms with Gasteiger partial charge in [-0.1, -0.05) is 119 Å². The van der Waals surface area contributed by atoms with E-state index in [0.717, 1.165) is 49.2 Å². The Kier molecular flexibility index (Phi) is 13.5. The van der Waals surface area contributed by atoms with Crippen LogP contribution in [0.25, 0.3) is 78.5 Å². The summed E-state index contributed by atoms with van der Waals surface area (Å²) < 4.78 is 0. The van der Waals surface area contributed by atoms with Crippen molar-refractivity contribution < 1.29 is 0 Å². The number of hydrogen-bond donors (Lipinski definition) is 4. The van der Waals surface area contributed by atoms with E-state index in [1.807, 2.05) is 0 Å². The lowest BCUT2D eigenvalue weighted by molar-refractivity contribution is 0.694. The number of H-pyrrole nitrogens is 4. The van der Waals surface area contributed by atoms with Crippen molar-refractivity contribution in [2.75, 3.05) is 0 Å². The summed E-state index contributed by atoms with van der Waals surface area (Å²) in [6, 6.07) is 9.92. The second-order valence-electron chi connectivity index (χ2n) is 20.6. The molecule has 0 aliphatic carbocycles. The van der Waals surface area contributed by atoms with Gasteiger partial charge >= 0.3 is 0 Å². The van der Waals surface area contributed by atoms with Gasteiger partial charge in [-0.05, 0) is 147 Å². The van der Waals surface area contributed by atoms with Gasteiger partial charge in [0.2, 0.25) is 0 Å². The van der Waals surface area contributed by atoms with E-state index in [9.17, 15) is 0 Å². The van der Waals surface area contributed by atoms with Gasteiger partial charge in [-0.3, -0.25) is 9.98 Å². The summed E-state index contributed by atoms with van der Waals surface area (Å²) in [5.41, 5.74) is 18.9. The Hall–Kier alpha value is -4.84. The fourth-order valence-corrected chi connectivity index (χ4v) is 12.4. The molecule has 4 aromatic heterocycles. The zero-order valence-corrected chi connectivity index (χ0v) is 41.5. The van der Waals surface area contributed by atoms with Crippen LogP contribution >= 0.6 is 0 Å². The summed E-state index contributed by atoms with van der Waals surface area (Å²) in [7, 11) is 0. The summed E-state index contributed by atoms with van der Waals surface area (Å²) in [5, 5.41) is 10.6. The highest BCUT2D eigenvalue weighted by molar-refractivity contribution is 6.11. The van der Waals surface area contributed by atoms with Crippen molar-refractivity contribution in [2.24, 2.45) is 9.98 Å².